The molecule has 0 fully saturated rings. The molecule has 3 aromatic rings. The summed E-state index contributed by atoms with van der Waals surface area (Å²) in [6, 6.07) is 13.9. The standard InChI is InChI=1S/C20H23N5O/c1-23(2)12-10-17-14-24(13-16-9-11-21-25(16)17)20(26)19-8-7-15-5-3-4-6-18(15)22-19/h3-9,11,17H,10,12-14H2,1-2H3/t17-/m1/s1. The zero-order valence-corrected chi connectivity index (χ0v) is 15.2. The molecule has 134 valence electrons. The average Bonchev–Trinajstić information content (AvgIpc) is 3.13. The molecule has 6 heteroatoms. The molecule has 4 rings (SSSR count). The molecule has 1 aliphatic rings. The van der Waals surface area contributed by atoms with Gasteiger partial charge in [-0.1, -0.05) is 24.3 Å². The van der Waals surface area contributed by atoms with Gasteiger partial charge >= 0.3 is 0 Å². The number of aromatic nitrogens is 3. The van der Waals surface area contributed by atoms with Crippen LogP contribution < -0.4 is 0 Å². The summed E-state index contributed by atoms with van der Waals surface area (Å²) < 4.78 is 2.07. The van der Waals surface area contributed by atoms with Crippen LogP contribution in [0.1, 0.15) is 28.6 Å². The zero-order chi connectivity index (χ0) is 18.1. The van der Waals surface area contributed by atoms with Crippen LogP contribution in [0.5, 0.6) is 0 Å². The maximum atomic E-state index is 13.1. The average molecular weight is 349 g/mol. The number of benzene rings is 1. The highest BCUT2D eigenvalue weighted by atomic mass is 16.2. The Morgan fingerprint density at radius 1 is 1.19 bits per heavy atom. The van der Waals surface area contributed by atoms with Crippen molar-refractivity contribution in [1.82, 2.24) is 24.6 Å². The minimum Gasteiger partial charge on any atom is -0.329 e. The molecule has 0 spiro atoms. The lowest BCUT2D eigenvalue weighted by atomic mass is 10.1. The fourth-order valence-electron chi connectivity index (χ4n) is 3.51. The maximum Gasteiger partial charge on any atom is 0.272 e. The van der Waals surface area contributed by atoms with E-state index in [-0.39, 0.29) is 11.9 Å². The molecule has 0 aliphatic carbocycles. The van der Waals surface area contributed by atoms with Gasteiger partial charge in [0.15, 0.2) is 0 Å². The van der Waals surface area contributed by atoms with E-state index in [1.165, 1.54) is 0 Å². The highest BCUT2D eigenvalue weighted by molar-refractivity contribution is 5.95. The molecule has 0 saturated carbocycles. The summed E-state index contributed by atoms with van der Waals surface area (Å²) in [6.07, 6.45) is 2.77. The van der Waals surface area contributed by atoms with Crippen LogP contribution in [0.25, 0.3) is 10.9 Å². The summed E-state index contributed by atoms with van der Waals surface area (Å²) in [4.78, 5) is 21.7. The van der Waals surface area contributed by atoms with E-state index in [4.69, 9.17) is 0 Å². The molecule has 1 amide bonds. The first-order valence-corrected chi connectivity index (χ1v) is 8.94. The molecule has 0 radical (unpaired) electrons. The first-order chi connectivity index (χ1) is 12.6. The number of para-hydroxylation sites is 1. The van der Waals surface area contributed by atoms with Crippen molar-refractivity contribution in [3.8, 4) is 0 Å². The largest absolute Gasteiger partial charge is 0.329 e. The fraction of sp³-hybridized carbons (Fsp3) is 0.350. The molecular weight excluding hydrogens is 326 g/mol. The third-order valence-electron chi connectivity index (χ3n) is 4.90. The Bertz CT molecular complexity index is 933. The van der Waals surface area contributed by atoms with Crippen molar-refractivity contribution in [3.05, 3.63) is 60.0 Å². The van der Waals surface area contributed by atoms with Gasteiger partial charge < -0.3 is 9.80 Å². The first kappa shape index (κ1) is 16.7. The van der Waals surface area contributed by atoms with Crippen LogP contribution in [-0.2, 0) is 6.54 Å². The van der Waals surface area contributed by atoms with Crippen LogP contribution in [0, 0.1) is 0 Å². The van der Waals surface area contributed by atoms with Crippen LogP contribution in [-0.4, -0.2) is 57.7 Å². The Morgan fingerprint density at radius 2 is 2.04 bits per heavy atom. The second-order valence-electron chi connectivity index (χ2n) is 7.09. The highest BCUT2D eigenvalue weighted by Crippen LogP contribution is 2.24. The second-order valence-corrected chi connectivity index (χ2v) is 7.09. The Kier molecular flexibility index (Phi) is 4.42. The Hall–Kier alpha value is -2.73. The molecule has 26 heavy (non-hydrogen) atoms. The molecule has 1 atom stereocenters. The summed E-state index contributed by atoms with van der Waals surface area (Å²) in [5, 5.41) is 5.51. The number of hydrogen-bond acceptors (Lipinski definition) is 4. The fourth-order valence-corrected chi connectivity index (χ4v) is 3.51. The highest BCUT2D eigenvalue weighted by Gasteiger charge is 2.29. The number of carbonyl (C=O) groups excluding carboxylic acids is 1. The smallest absolute Gasteiger partial charge is 0.272 e. The molecule has 1 aliphatic heterocycles. The number of carbonyl (C=O) groups is 1. The summed E-state index contributed by atoms with van der Waals surface area (Å²) in [6.45, 7) is 2.20. The number of fused-ring (bicyclic) bond motifs is 2. The van der Waals surface area contributed by atoms with E-state index in [1.54, 1.807) is 0 Å². The molecule has 1 aromatic carbocycles. The molecule has 0 N–H and O–H groups in total. The van der Waals surface area contributed by atoms with E-state index in [2.05, 4.69) is 33.8 Å². The van der Waals surface area contributed by atoms with E-state index < -0.39 is 0 Å². The molecule has 0 bridgehead atoms. The Balaban J connectivity index is 1.59. The van der Waals surface area contributed by atoms with Crippen molar-refractivity contribution < 1.29 is 4.79 Å². The van der Waals surface area contributed by atoms with E-state index in [0.717, 1.165) is 29.6 Å². The van der Waals surface area contributed by atoms with E-state index in [9.17, 15) is 4.79 Å². The summed E-state index contributed by atoms with van der Waals surface area (Å²) >= 11 is 0. The van der Waals surface area contributed by atoms with E-state index >= 15 is 0 Å². The lowest BCUT2D eigenvalue weighted by Crippen LogP contribution is -2.42. The van der Waals surface area contributed by atoms with Crippen molar-refractivity contribution in [3.63, 3.8) is 0 Å². The SMILES string of the molecule is CN(C)CC[C@@H]1CN(C(=O)c2ccc3ccccc3n2)Cc2ccnn21. The van der Waals surface area contributed by atoms with Crippen LogP contribution in [0.4, 0.5) is 0 Å². The molecular formula is C20H23N5O. The van der Waals surface area contributed by atoms with Gasteiger partial charge in [-0.3, -0.25) is 9.48 Å². The quantitative estimate of drug-likeness (QED) is 0.726. The maximum absolute atomic E-state index is 13.1. The number of rotatable bonds is 4. The van der Waals surface area contributed by atoms with Crippen molar-refractivity contribution in [2.24, 2.45) is 0 Å². The summed E-state index contributed by atoms with van der Waals surface area (Å²) in [5.41, 5.74) is 2.43. The van der Waals surface area contributed by atoms with Crippen molar-refractivity contribution in [1.29, 1.82) is 0 Å². The predicted molar refractivity (Wildman–Crippen MR) is 101 cm³/mol. The summed E-state index contributed by atoms with van der Waals surface area (Å²) in [5.74, 6) is -0.0157. The van der Waals surface area contributed by atoms with Gasteiger partial charge in [-0.05, 0) is 45.3 Å². The van der Waals surface area contributed by atoms with Crippen molar-refractivity contribution in [2.45, 2.75) is 19.0 Å². The van der Waals surface area contributed by atoms with Crippen molar-refractivity contribution in [2.75, 3.05) is 27.2 Å². The number of nitrogens with zero attached hydrogens (tertiary/aromatic N) is 5. The van der Waals surface area contributed by atoms with Gasteiger partial charge in [0.1, 0.15) is 5.69 Å². The van der Waals surface area contributed by atoms with Gasteiger partial charge in [0, 0.05) is 18.1 Å². The van der Waals surface area contributed by atoms with Crippen LogP contribution >= 0.6 is 0 Å². The minimum atomic E-state index is -0.0157. The monoisotopic (exact) mass is 349 g/mol. The van der Waals surface area contributed by atoms with E-state index in [0.29, 0.717) is 18.8 Å². The molecule has 2 aromatic heterocycles. The van der Waals surface area contributed by atoms with Gasteiger partial charge in [-0.25, -0.2) is 4.98 Å². The summed E-state index contributed by atoms with van der Waals surface area (Å²) in [7, 11) is 4.13. The van der Waals surface area contributed by atoms with Crippen LogP contribution in [0.2, 0.25) is 0 Å². The second kappa shape index (κ2) is 6.88. The molecule has 0 saturated heterocycles. The van der Waals surface area contributed by atoms with Crippen LogP contribution in [0.3, 0.4) is 0 Å². The first-order valence-electron chi connectivity index (χ1n) is 8.94. The predicted octanol–water partition coefficient (Wildman–Crippen LogP) is 2.58. The molecule has 6 nitrogen and oxygen atoms in total. The van der Waals surface area contributed by atoms with Crippen molar-refractivity contribution >= 4 is 16.8 Å². The van der Waals surface area contributed by atoms with Crippen LogP contribution in [0.15, 0.2) is 48.7 Å². The minimum absolute atomic E-state index is 0.0157. The number of amides is 1. The lowest BCUT2D eigenvalue weighted by molar-refractivity contribution is 0.0654. The van der Waals surface area contributed by atoms with E-state index in [1.807, 2.05) is 53.6 Å². The van der Waals surface area contributed by atoms with Gasteiger partial charge in [-0.2, -0.15) is 5.10 Å². The zero-order valence-electron chi connectivity index (χ0n) is 15.2. The lowest BCUT2D eigenvalue weighted by Gasteiger charge is -2.34. The third-order valence-corrected chi connectivity index (χ3v) is 4.90. The molecule has 0 unspecified atom stereocenters. The number of hydrogen-bond donors (Lipinski definition) is 0. The topological polar surface area (TPSA) is 54.3 Å². The third kappa shape index (κ3) is 3.20. The molecule has 3 heterocycles. The van der Waals surface area contributed by atoms with Gasteiger partial charge in [0.25, 0.3) is 5.91 Å². The normalized spacial score (nSPS) is 16.9. The van der Waals surface area contributed by atoms with Gasteiger partial charge in [0.05, 0.1) is 23.8 Å². The Morgan fingerprint density at radius 3 is 2.88 bits per heavy atom. The van der Waals surface area contributed by atoms with Gasteiger partial charge in [-0.15, -0.1) is 0 Å². The Labute approximate surface area is 153 Å². The number of pyridine rings is 1. The van der Waals surface area contributed by atoms with Gasteiger partial charge in [0.2, 0.25) is 0 Å².